The van der Waals surface area contributed by atoms with Crippen molar-refractivity contribution < 1.29 is 29.0 Å². The van der Waals surface area contributed by atoms with Crippen LogP contribution in [0.3, 0.4) is 0 Å². The number of ether oxygens (including phenoxy) is 2. The first-order chi connectivity index (χ1) is 8.81. The Morgan fingerprint density at radius 2 is 1.74 bits per heavy atom. The predicted octanol–water partition coefficient (Wildman–Crippen LogP) is 1.02. The van der Waals surface area contributed by atoms with E-state index in [9.17, 15) is 14.4 Å². The van der Waals surface area contributed by atoms with Crippen LogP contribution in [0.2, 0.25) is 0 Å². The molecule has 6 nitrogen and oxygen atoms in total. The SMILES string of the molecule is COC(=O)C1CC(C)(OC)C1.O=C1CC(C(=O)O)C1. The fourth-order valence-electron chi connectivity index (χ4n) is 2.15. The topological polar surface area (TPSA) is 89.9 Å². The molecule has 2 fully saturated rings. The molecule has 0 spiro atoms. The van der Waals surface area contributed by atoms with Crippen molar-refractivity contribution in [1.82, 2.24) is 0 Å². The first-order valence-corrected chi connectivity index (χ1v) is 6.19. The monoisotopic (exact) mass is 272 g/mol. The lowest BCUT2D eigenvalue weighted by Crippen LogP contribution is -2.46. The number of hydrogen-bond acceptors (Lipinski definition) is 5. The third kappa shape index (κ3) is 4.02. The van der Waals surface area contributed by atoms with Gasteiger partial charge in [-0.05, 0) is 19.8 Å². The standard InChI is InChI=1S/C8H14O3.C5H6O3/c1-8(11-3)4-6(5-8)7(9)10-2;6-4-1-3(2-4)5(7)8/h6H,4-5H2,1-3H3;3H,1-2H2,(H,7,8). The van der Waals surface area contributed by atoms with E-state index < -0.39 is 5.97 Å². The molecule has 2 saturated carbocycles. The largest absolute Gasteiger partial charge is 0.481 e. The number of carboxylic acid groups (broad SMARTS) is 1. The zero-order valence-electron chi connectivity index (χ0n) is 11.5. The van der Waals surface area contributed by atoms with Gasteiger partial charge in [0, 0.05) is 20.0 Å². The minimum atomic E-state index is -0.843. The zero-order valence-corrected chi connectivity index (χ0v) is 11.5. The van der Waals surface area contributed by atoms with Gasteiger partial charge in [0.15, 0.2) is 0 Å². The van der Waals surface area contributed by atoms with Crippen LogP contribution in [-0.2, 0) is 23.9 Å². The molecule has 0 unspecified atom stereocenters. The number of ketones is 1. The molecule has 0 aliphatic heterocycles. The van der Waals surface area contributed by atoms with Crippen LogP contribution in [0, 0.1) is 11.8 Å². The summed E-state index contributed by atoms with van der Waals surface area (Å²) in [6, 6.07) is 0. The quantitative estimate of drug-likeness (QED) is 0.772. The van der Waals surface area contributed by atoms with Crippen LogP contribution in [0.15, 0.2) is 0 Å². The molecule has 6 heteroatoms. The molecule has 2 aliphatic rings. The van der Waals surface area contributed by atoms with Crippen LogP contribution in [0.4, 0.5) is 0 Å². The maximum Gasteiger partial charge on any atom is 0.308 e. The van der Waals surface area contributed by atoms with E-state index in [-0.39, 0.29) is 42.0 Å². The molecule has 0 atom stereocenters. The maximum atomic E-state index is 10.9. The second-order valence-electron chi connectivity index (χ2n) is 5.26. The highest BCUT2D eigenvalue weighted by molar-refractivity contribution is 5.93. The second kappa shape index (κ2) is 6.14. The molecular weight excluding hydrogens is 252 g/mol. The van der Waals surface area contributed by atoms with Crippen molar-refractivity contribution >= 4 is 17.7 Å². The molecule has 0 amide bonds. The fourth-order valence-corrected chi connectivity index (χ4v) is 2.15. The van der Waals surface area contributed by atoms with E-state index in [2.05, 4.69) is 4.74 Å². The molecule has 0 aromatic rings. The summed E-state index contributed by atoms with van der Waals surface area (Å²) in [4.78, 5) is 31.0. The number of esters is 1. The lowest BCUT2D eigenvalue weighted by atomic mass is 9.72. The highest BCUT2D eigenvalue weighted by atomic mass is 16.5. The highest BCUT2D eigenvalue weighted by Crippen LogP contribution is 2.40. The van der Waals surface area contributed by atoms with Crippen molar-refractivity contribution in [1.29, 1.82) is 0 Å². The molecule has 0 saturated heterocycles. The van der Waals surface area contributed by atoms with Crippen molar-refractivity contribution in [2.24, 2.45) is 11.8 Å². The fraction of sp³-hybridized carbons (Fsp3) is 0.769. The summed E-state index contributed by atoms with van der Waals surface area (Å²) < 4.78 is 9.79. The molecule has 2 aliphatic carbocycles. The summed E-state index contributed by atoms with van der Waals surface area (Å²) in [5.74, 6) is -1.20. The smallest absolute Gasteiger partial charge is 0.308 e. The van der Waals surface area contributed by atoms with E-state index in [1.165, 1.54) is 7.11 Å². The molecule has 0 radical (unpaired) electrons. The molecular formula is C13H20O6. The van der Waals surface area contributed by atoms with Crippen molar-refractivity contribution in [3.63, 3.8) is 0 Å². The normalized spacial score (nSPS) is 29.4. The number of carbonyl (C=O) groups excluding carboxylic acids is 2. The van der Waals surface area contributed by atoms with Gasteiger partial charge in [-0.15, -0.1) is 0 Å². The Morgan fingerprint density at radius 3 is 2.00 bits per heavy atom. The molecule has 0 aromatic carbocycles. The first-order valence-electron chi connectivity index (χ1n) is 6.19. The van der Waals surface area contributed by atoms with Crippen LogP contribution in [-0.4, -0.2) is 42.6 Å². The van der Waals surface area contributed by atoms with E-state index in [4.69, 9.17) is 9.84 Å². The van der Waals surface area contributed by atoms with Crippen LogP contribution in [0.5, 0.6) is 0 Å². The molecule has 108 valence electrons. The van der Waals surface area contributed by atoms with E-state index in [0.29, 0.717) is 0 Å². The van der Waals surface area contributed by atoms with Crippen molar-refractivity contribution in [3.05, 3.63) is 0 Å². The van der Waals surface area contributed by atoms with Crippen LogP contribution in [0.1, 0.15) is 32.6 Å². The molecule has 19 heavy (non-hydrogen) atoms. The Hall–Kier alpha value is -1.43. The van der Waals surface area contributed by atoms with Gasteiger partial charge in [0.2, 0.25) is 0 Å². The van der Waals surface area contributed by atoms with Crippen molar-refractivity contribution in [3.8, 4) is 0 Å². The molecule has 0 bridgehead atoms. The van der Waals surface area contributed by atoms with Gasteiger partial charge in [-0.1, -0.05) is 0 Å². The van der Waals surface area contributed by atoms with Crippen LogP contribution < -0.4 is 0 Å². The lowest BCUT2D eigenvalue weighted by Gasteiger charge is -2.42. The molecule has 2 rings (SSSR count). The van der Waals surface area contributed by atoms with E-state index in [1.807, 2.05) is 6.92 Å². The van der Waals surface area contributed by atoms with Gasteiger partial charge in [0.1, 0.15) is 5.78 Å². The number of Topliss-reactive ketones (excluding diaryl/α,β-unsaturated/α-hetero) is 1. The van der Waals surface area contributed by atoms with Gasteiger partial charge < -0.3 is 14.6 Å². The molecule has 1 N–H and O–H groups in total. The summed E-state index contributed by atoms with van der Waals surface area (Å²) in [6.07, 6.45) is 2.07. The third-order valence-corrected chi connectivity index (χ3v) is 3.68. The van der Waals surface area contributed by atoms with Crippen molar-refractivity contribution in [2.45, 2.75) is 38.2 Å². The first kappa shape index (κ1) is 15.6. The Kier molecular flexibility index (Phi) is 5.05. The Balaban J connectivity index is 0.000000200. The highest BCUT2D eigenvalue weighted by Gasteiger charge is 2.44. The second-order valence-corrected chi connectivity index (χ2v) is 5.26. The summed E-state index contributed by atoms with van der Waals surface area (Å²) in [5, 5.41) is 8.20. The van der Waals surface area contributed by atoms with Gasteiger partial charge in [-0.3, -0.25) is 14.4 Å². The van der Waals surface area contributed by atoms with Gasteiger partial charge in [-0.2, -0.15) is 0 Å². The average Bonchev–Trinajstić information content (AvgIpc) is 2.30. The predicted molar refractivity (Wildman–Crippen MR) is 65.5 cm³/mol. The van der Waals surface area contributed by atoms with Gasteiger partial charge in [-0.25, -0.2) is 0 Å². The maximum absolute atomic E-state index is 10.9. The van der Waals surface area contributed by atoms with Crippen molar-refractivity contribution in [2.75, 3.05) is 14.2 Å². The summed E-state index contributed by atoms with van der Waals surface area (Å²) >= 11 is 0. The lowest BCUT2D eigenvalue weighted by molar-refractivity contribution is -0.163. The van der Waals surface area contributed by atoms with Gasteiger partial charge in [0.05, 0.1) is 24.5 Å². The Bertz CT molecular complexity index is 361. The van der Waals surface area contributed by atoms with Crippen LogP contribution in [0.25, 0.3) is 0 Å². The minimum absolute atomic E-state index is 0.0601. The third-order valence-electron chi connectivity index (χ3n) is 3.68. The van der Waals surface area contributed by atoms with Gasteiger partial charge >= 0.3 is 11.9 Å². The van der Waals surface area contributed by atoms with E-state index >= 15 is 0 Å². The summed E-state index contributed by atoms with van der Waals surface area (Å²) in [5.41, 5.74) is -0.0845. The van der Waals surface area contributed by atoms with Gasteiger partial charge in [0.25, 0.3) is 0 Å². The summed E-state index contributed by atoms with van der Waals surface area (Å²) in [7, 11) is 3.10. The number of rotatable bonds is 3. The van der Waals surface area contributed by atoms with Crippen LogP contribution >= 0.6 is 0 Å². The number of aliphatic carboxylic acids is 1. The Morgan fingerprint density at radius 1 is 1.21 bits per heavy atom. The average molecular weight is 272 g/mol. The van der Waals surface area contributed by atoms with E-state index in [0.717, 1.165) is 12.8 Å². The number of hydrogen-bond donors (Lipinski definition) is 1. The molecule has 0 heterocycles. The van der Waals surface area contributed by atoms with E-state index in [1.54, 1.807) is 7.11 Å². The number of carbonyl (C=O) groups is 3. The minimum Gasteiger partial charge on any atom is -0.481 e. The number of methoxy groups -OCH3 is 2. The zero-order chi connectivity index (χ0) is 14.6. The summed E-state index contributed by atoms with van der Waals surface area (Å²) in [6.45, 7) is 2.01. The Labute approximate surface area is 112 Å². The molecule has 0 aromatic heterocycles. The number of carboxylic acids is 1.